The van der Waals surface area contributed by atoms with Crippen molar-refractivity contribution in [2.45, 2.75) is 38.8 Å². The molecule has 0 spiro atoms. The molecule has 0 aromatic heterocycles. The third-order valence-electron chi connectivity index (χ3n) is 2.36. The minimum absolute atomic E-state index is 0.0691. The molecule has 0 radical (unpaired) electrons. The van der Waals surface area contributed by atoms with Crippen molar-refractivity contribution in [3.8, 4) is 0 Å². The molecule has 16 heavy (non-hydrogen) atoms. The Morgan fingerprint density at radius 2 is 2.12 bits per heavy atom. The summed E-state index contributed by atoms with van der Waals surface area (Å²) in [5.74, 6) is -1.15. The van der Waals surface area contributed by atoms with E-state index in [-0.39, 0.29) is 18.4 Å². The SMILES string of the molecule is C=CCC(N)C(=O)N(CC)C(C)CC(=O)O. The van der Waals surface area contributed by atoms with Gasteiger partial charge in [0.05, 0.1) is 12.5 Å². The summed E-state index contributed by atoms with van der Waals surface area (Å²) in [5, 5.41) is 8.67. The van der Waals surface area contributed by atoms with Crippen molar-refractivity contribution < 1.29 is 14.7 Å². The zero-order chi connectivity index (χ0) is 12.7. The van der Waals surface area contributed by atoms with E-state index >= 15 is 0 Å². The van der Waals surface area contributed by atoms with Crippen LogP contribution in [0.3, 0.4) is 0 Å². The van der Waals surface area contributed by atoms with E-state index < -0.39 is 12.0 Å². The molecule has 0 fully saturated rings. The van der Waals surface area contributed by atoms with Crippen LogP contribution in [0.15, 0.2) is 12.7 Å². The van der Waals surface area contributed by atoms with Crippen molar-refractivity contribution in [1.29, 1.82) is 0 Å². The number of likely N-dealkylation sites (N-methyl/N-ethyl adjacent to an activating group) is 1. The summed E-state index contributed by atoms with van der Waals surface area (Å²) in [6.45, 7) is 7.48. The van der Waals surface area contributed by atoms with Crippen LogP contribution in [0.1, 0.15) is 26.7 Å². The molecular weight excluding hydrogens is 208 g/mol. The highest BCUT2D eigenvalue weighted by atomic mass is 16.4. The number of nitrogens with zero attached hydrogens (tertiary/aromatic N) is 1. The van der Waals surface area contributed by atoms with Crippen LogP contribution in [-0.2, 0) is 9.59 Å². The number of aliphatic carboxylic acids is 1. The van der Waals surface area contributed by atoms with Gasteiger partial charge in [-0.3, -0.25) is 9.59 Å². The van der Waals surface area contributed by atoms with Gasteiger partial charge in [0.25, 0.3) is 0 Å². The average Bonchev–Trinajstić information content (AvgIpc) is 2.17. The first-order valence-electron chi connectivity index (χ1n) is 5.32. The fourth-order valence-electron chi connectivity index (χ4n) is 1.54. The molecule has 0 heterocycles. The van der Waals surface area contributed by atoms with Crippen LogP contribution in [0.4, 0.5) is 0 Å². The lowest BCUT2D eigenvalue weighted by molar-refractivity contribution is -0.140. The zero-order valence-electron chi connectivity index (χ0n) is 9.85. The minimum atomic E-state index is -0.920. The number of hydrogen-bond donors (Lipinski definition) is 2. The molecule has 0 aliphatic carbocycles. The van der Waals surface area contributed by atoms with E-state index in [1.54, 1.807) is 19.9 Å². The maximum absolute atomic E-state index is 11.8. The topological polar surface area (TPSA) is 83.6 Å². The van der Waals surface area contributed by atoms with E-state index in [2.05, 4.69) is 6.58 Å². The smallest absolute Gasteiger partial charge is 0.305 e. The molecule has 0 rings (SSSR count). The standard InChI is InChI=1S/C11H20N2O3/c1-4-6-9(12)11(16)13(5-2)8(3)7-10(14)15/h4,8-9H,1,5-7,12H2,2-3H3,(H,14,15). The maximum Gasteiger partial charge on any atom is 0.305 e. The summed E-state index contributed by atoms with van der Waals surface area (Å²) in [5.41, 5.74) is 5.66. The van der Waals surface area contributed by atoms with Crippen LogP contribution in [0.25, 0.3) is 0 Å². The molecule has 0 aromatic rings. The lowest BCUT2D eigenvalue weighted by Crippen LogP contribution is -2.48. The molecule has 3 N–H and O–H groups in total. The fourth-order valence-corrected chi connectivity index (χ4v) is 1.54. The number of amides is 1. The molecule has 2 atom stereocenters. The van der Waals surface area contributed by atoms with Crippen molar-refractivity contribution in [3.05, 3.63) is 12.7 Å². The second-order valence-electron chi connectivity index (χ2n) is 3.70. The van der Waals surface area contributed by atoms with Crippen molar-refractivity contribution in [2.24, 2.45) is 5.73 Å². The lowest BCUT2D eigenvalue weighted by atomic mass is 10.1. The molecule has 1 amide bonds. The van der Waals surface area contributed by atoms with Crippen molar-refractivity contribution >= 4 is 11.9 Å². The summed E-state index contributed by atoms with van der Waals surface area (Å²) in [4.78, 5) is 23.9. The highest BCUT2D eigenvalue weighted by molar-refractivity contribution is 5.82. The fraction of sp³-hybridized carbons (Fsp3) is 0.636. The molecule has 0 bridgehead atoms. The van der Waals surface area contributed by atoms with Gasteiger partial charge in [-0.2, -0.15) is 0 Å². The van der Waals surface area contributed by atoms with Gasteiger partial charge in [0.1, 0.15) is 0 Å². The summed E-state index contributed by atoms with van der Waals surface area (Å²) in [6.07, 6.45) is 1.91. The van der Waals surface area contributed by atoms with E-state index in [0.29, 0.717) is 13.0 Å². The second kappa shape index (κ2) is 7.00. The van der Waals surface area contributed by atoms with E-state index in [4.69, 9.17) is 10.8 Å². The van der Waals surface area contributed by atoms with E-state index in [1.165, 1.54) is 4.90 Å². The molecule has 0 saturated heterocycles. The third-order valence-corrected chi connectivity index (χ3v) is 2.36. The first-order valence-corrected chi connectivity index (χ1v) is 5.32. The van der Waals surface area contributed by atoms with Gasteiger partial charge in [0.15, 0.2) is 0 Å². The summed E-state index contributed by atoms with van der Waals surface area (Å²) in [6, 6.07) is -0.973. The van der Waals surface area contributed by atoms with Crippen LogP contribution in [0.2, 0.25) is 0 Å². The number of carboxylic acid groups (broad SMARTS) is 1. The summed E-state index contributed by atoms with van der Waals surface area (Å²) in [7, 11) is 0. The van der Waals surface area contributed by atoms with Crippen LogP contribution in [-0.4, -0.2) is 40.5 Å². The van der Waals surface area contributed by atoms with Gasteiger partial charge < -0.3 is 15.7 Å². The predicted molar refractivity (Wildman–Crippen MR) is 61.9 cm³/mol. The average molecular weight is 228 g/mol. The largest absolute Gasteiger partial charge is 0.481 e. The van der Waals surface area contributed by atoms with Gasteiger partial charge in [0, 0.05) is 12.6 Å². The summed E-state index contributed by atoms with van der Waals surface area (Å²) < 4.78 is 0. The van der Waals surface area contributed by atoms with Crippen LogP contribution in [0, 0.1) is 0 Å². The Morgan fingerprint density at radius 1 is 1.56 bits per heavy atom. The maximum atomic E-state index is 11.8. The Hall–Kier alpha value is -1.36. The quantitative estimate of drug-likeness (QED) is 0.625. The number of hydrogen-bond acceptors (Lipinski definition) is 3. The van der Waals surface area contributed by atoms with Gasteiger partial charge in [0.2, 0.25) is 5.91 Å². The van der Waals surface area contributed by atoms with Gasteiger partial charge in [-0.05, 0) is 20.3 Å². The third kappa shape index (κ3) is 4.44. The molecule has 5 heteroatoms. The Bertz CT molecular complexity index is 266. The Morgan fingerprint density at radius 3 is 2.50 bits per heavy atom. The number of carboxylic acids is 1. The number of nitrogens with two attached hydrogens (primary N) is 1. The van der Waals surface area contributed by atoms with Gasteiger partial charge in [-0.1, -0.05) is 6.08 Å². The normalized spacial score (nSPS) is 13.9. The molecule has 92 valence electrons. The van der Waals surface area contributed by atoms with Crippen LogP contribution < -0.4 is 5.73 Å². The molecule has 0 saturated carbocycles. The number of carbonyl (C=O) groups is 2. The minimum Gasteiger partial charge on any atom is -0.481 e. The zero-order valence-corrected chi connectivity index (χ0v) is 9.85. The molecule has 0 aliphatic heterocycles. The summed E-state index contributed by atoms with van der Waals surface area (Å²) >= 11 is 0. The molecule has 2 unspecified atom stereocenters. The molecule has 0 aliphatic rings. The Balaban J connectivity index is 4.52. The Labute approximate surface area is 95.9 Å². The van der Waals surface area contributed by atoms with Crippen LogP contribution in [0.5, 0.6) is 0 Å². The molecule has 0 aromatic carbocycles. The van der Waals surface area contributed by atoms with Crippen molar-refractivity contribution in [2.75, 3.05) is 6.54 Å². The molecule has 5 nitrogen and oxygen atoms in total. The first-order chi connectivity index (χ1) is 7.43. The van der Waals surface area contributed by atoms with Gasteiger partial charge >= 0.3 is 5.97 Å². The number of rotatable bonds is 7. The van der Waals surface area contributed by atoms with E-state index in [1.807, 2.05) is 0 Å². The van der Waals surface area contributed by atoms with Crippen LogP contribution >= 0.6 is 0 Å². The highest BCUT2D eigenvalue weighted by Crippen LogP contribution is 2.07. The monoisotopic (exact) mass is 228 g/mol. The first kappa shape index (κ1) is 14.6. The van der Waals surface area contributed by atoms with Gasteiger partial charge in [-0.25, -0.2) is 0 Å². The van der Waals surface area contributed by atoms with Crippen molar-refractivity contribution in [1.82, 2.24) is 4.90 Å². The lowest BCUT2D eigenvalue weighted by Gasteiger charge is -2.29. The van der Waals surface area contributed by atoms with Crippen molar-refractivity contribution in [3.63, 3.8) is 0 Å². The Kier molecular flexibility index (Phi) is 6.41. The van der Waals surface area contributed by atoms with Gasteiger partial charge in [-0.15, -0.1) is 6.58 Å². The number of carbonyl (C=O) groups excluding carboxylic acids is 1. The van der Waals surface area contributed by atoms with E-state index in [9.17, 15) is 9.59 Å². The highest BCUT2D eigenvalue weighted by Gasteiger charge is 2.24. The molecular formula is C11H20N2O3. The van der Waals surface area contributed by atoms with E-state index in [0.717, 1.165) is 0 Å². The predicted octanol–water partition coefficient (Wildman–Crippen LogP) is 0.601. The second-order valence-corrected chi connectivity index (χ2v) is 3.70.